The molecule has 5 atom stereocenters. The zero-order chi connectivity index (χ0) is 25.4. The third kappa shape index (κ3) is 11.3. The van der Waals surface area contributed by atoms with Gasteiger partial charge in [-0.1, -0.05) is 33.1 Å². The SMILES string of the molecule is CC(C)C[C@H](NC(=O)[C@H](N)C(C)S(C)(=O)=O)C(=O)NC[C@@H](O)CP(=O)(O)CC1CCCCC1. The van der Waals surface area contributed by atoms with Gasteiger partial charge in [-0.25, -0.2) is 8.42 Å². The van der Waals surface area contributed by atoms with Gasteiger partial charge in [0.15, 0.2) is 9.84 Å². The molecule has 194 valence electrons. The molecule has 1 rings (SSSR count). The molecule has 0 aromatic heterocycles. The average molecular weight is 512 g/mol. The predicted molar refractivity (Wildman–Crippen MR) is 129 cm³/mol. The van der Waals surface area contributed by atoms with Crippen molar-refractivity contribution in [2.24, 2.45) is 17.6 Å². The normalized spacial score (nSPS) is 21.0. The third-order valence-corrected chi connectivity index (χ3v) is 9.82. The second kappa shape index (κ2) is 13.2. The molecule has 0 spiro atoms. The van der Waals surface area contributed by atoms with E-state index < -0.39 is 52.5 Å². The fourth-order valence-electron chi connectivity index (χ4n) is 4.03. The highest BCUT2D eigenvalue weighted by molar-refractivity contribution is 7.91. The fourth-order valence-corrected chi connectivity index (χ4v) is 6.80. The Hall–Kier alpha value is -1.00. The van der Waals surface area contributed by atoms with Crippen molar-refractivity contribution in [2.45, 2.75) is 82.7 Å². The summed E-state index contributed by atoms with van der Waals surface area (Å²) < 4.78 is 35.9. The molecule has 2 unspecified atom stereocenters. The summed E-state index contributed by atoms with van der Waals surface area (Å²) in [6.45, 7) is 4.81. The van der Waals surface area contributed by atoms with Gasteiger partial charge < -0.3 is 26.4 Å². The largest absolute Gasteiger partial charge is 0.391 e. The predicted octanol–water partition coefficient (Wildman–Crippen LogP) is 0.606. The smallest absolute Gasteiger partial charge is 0.242 e. The summed E-state index contributed by atoms with van der Waals surface area (Å²) in [5.74, 6) is -1.11. The maximum Gasteiger partial charge on any atom is 0.242 e. The number of amides is 2. The van der Waals surface area contributed by atoms with E-state index in [9.17, 15) is 32.6 Å². The van der Waals surface area contributed by atoms with Crippen molar-refractivity contribution in [3.63, 3.8) is 0 Å². The highest BCUT2D eigenvalue weighted by Gasteiger charge is 2.32. The average Bonchev–Trinajstić information content (AvgIpc) is 2.69. The molecule has 0 saturated heterocycles. The van der Waals surface area contributed by atoms with Crippen molar-refractivity contribution >= 4 is 29.0 Å². The summed E-state index contributed by atoms with van der Waals surface area (Å²) in [5.41, 5.74) is 5.77. The number of sulfone groups is 1. The van der Waals surface area contributed by atoms with Crippen LogP contribution in [-0.4, -0.2) is 78.8 Å². The topological polar surface area (TPSA) is 176 Å². The molecule has 0 bridgehead atoms. The Balaban J connectivity index is 2.65. The fraction of sp³-hybridized carbons (Fsp3) is 0.905. The lowest BCUT2D eigenvalue weighted by atomic mass is 9.91. The minimum atomic E-state index is -3.55. The second-order valence-corrected chi connectivity index (χ2v) is 14.7. The van der Waals surface area contributed by atoms with Crippen molar-refractivity contribution in [1.29, 1.82) is 0 Å². The first-order valence-electron chi connectivity index (χ1n) is 11.6. The maximum absolute atomic E-state index is 12.7. The van der Waals surface area contributed by atoms with Crippen LogP contribution in [0.1, 0.15) is 59.3 Å². The Morgan fingerprint density at radius 1 is 1.12 bits per heavy atom. The summed E-state index contributed by atoms with van der Waals surface area (Å²) in [4.78, 5) is 35.4. The molecule has 0 radical (unpaired) electrons. The third-order valence-electron chi connectivity index (χ3n) is 6.10. The first-order valence-corrected chi connectivity index (χ1v) is 15.6. The Labute approximate surface area is 197 Å². The van der Waals surface area contributed by atoms with Crippen LogP contribution in [0.3, 0.4) is 0 Å². The van der Waals surface area contributed by atoms with E-state index in [1.54, 1.807) is 0 Å². The number of rotatable bonds is 13. The molecule has 1 aliphatic rings. The van der Waals surface area contributed by atoms with Gasteiger partial charge in [-0.15, -0.1) is 0 Å². The molecular formula is C21H42N3O7PS. The Morgan fingerprint density at radius 3 is 2.21 bits per heavy atom. The van der Waals surface area contributed by atoms with Gasteiger partial charge in [0, 0.05) is 19.0 Å². The van der Waals surface area contributed by atoms with Crippen molar-refractivity contribution in [1.82, 2.24) is 10.6 Å². The number of nitrogens with two attached hydrogens (primary N) is 1. The van der Waals surface area contributed by atoms with Crippen LogP contribution in [0, 0.1) is 11.8 Å². The second-order valence-electron chi connectivity index (χ2n) is 9.87. The summed E-state index contributed by atoms with van der Waals surface area (Å²) in [6.07, 6.45) is 5.04. The molecule has 1 aliphatic carbocycles. The van der Waals surface area contributed by atoms with Crippen LogP contribution in [0.15, 0.2) is 0 Å². The van der Waals surface area contributed by atoms with E-state index in [1.807, 2.05) is 13.8 Å². The van der Waals surface area contributed by atoms with Gasteiger partial charge in [-0.3, -0.25) is 14.2 Å². The molecule has 12 heteroatoms. The molecular weight excluding hydrogens is 469 g/mol. The highest BCUT2D eigenvalue weighted by Crippen LogP contribution is 2.45. The van der Waals surface area contributed by atoms with Gasteiger partial charge in [0.2, 0.25) is 19.2 Å². The quantitative estimate of drug-likeness (QED) is 0.223. The van der Waals surface area contributed by atoms with Gasteiger partial charge in [-0.05, 0) is 38.0 Å². The summed E-state index contributed by atoms with van der Waals surface area (Å²) in [5, 5.41) is 14.1. The molecule has 33 heavy (non-hydrogen) atoms. The van der Waals surface area contributed by atoms with Crippen molar-refractivity contribution in [3.8, 4) is 0 Å². The molecule has 0 aromatic carbocycles. The monoisotopic (exact) mass is 511 g/mol. The van der Waals surface area contributed by atoms with E-state index in [1.165, 1.54) is 6.92 Å². The highest BCUT2D eigenvalue weighted by atomic mass is 32.2. The van der Waals surface area contributed by atoms with E-state index in [0.29, 0.717) is 0 Å². The Bertz CT molecular complexity index is 800. The molecule has 0 aromatic rings. The maximum atomic E-state index is 12.7. The number of carbonyl (C=O) groups excluding carboxylic acids is 2. The van der Waals surface area contributed by atoms with Crippen molar-refractivity contribution in [2.75, 3.05) is 25.1 Å². The zero-order valence-electron chi connectivity index (χ0n) is 20.2. The van der Waals surface area contributed by atoms with Gasteiger partial charge >= 0.3 is 0 Å². The number of nitrogens with one attached hydrogen (secondary N) is 2. The first kappa shape index (κ1) is 30.0. The lowest BCUT2D eigenvalue weighted by Crippen LogP contribution is -2.56. The molecule has 10 nitrogen and oxygen atoms in total. The molecule has 1 saturated carbocycles. The molecule has 0 aliphatic heterocycles. The van der Waals surface area contributed by atoms with Crippen LogP contribution in [0.4, 0.5) is 0 Å². The Kier molecular flexibility index (Phi) is 12.0. The summed E-state index contributed by atoms with van der Waals surface area (Å²) in [6, 6.07) is -2.32. The Morgan fingerprint density at radius 2 is 1.70 bits per heavy atom. The number of hydrogen-bond acceptors (Lipinski definition) is 7. The minimum absolute atomic E-state index is 0.0303. The van der Waals surface area contributed by atoms with Crippen LogP contribution >= 0.6 is 7.37 Å². The standard InChI is InChI=1S/C21H42N3O7PS/c1-14(2)10-18(24-21(27)19(22)15(3)33(4,30)31)20(26)23-11-17(25)13-32(28,29)12-16-8-6-5-7-9-16/h14-19,25H,5-13,22H2,1-4H3,(H,23,26)(H,24,27)(H,28,29)/t15?,17-,18+,19-/m1/s1. The van der Waals surface area contributed by atoms with Crippen LogP contribution < -0.4 is 16.4 Å². The van der Waals surface area contributed by atoms with E-state index in [0.717, 1.165) is 38.4 Å². The van der Waals surface area contributed by atoms with Crippen LogP contribution in [0.25, 0.3) is 0 Å². The molecule has 2 amide bonds. The van der Waals surface area contributed by atoms with Crippen LogP contribution in [-0.2, 0) is 24.0 Å². The van der Waals surface area contributed by atoms with Crippen molar-refractivity contribution < 1.29 is 32.6 Å². The first-order chi connectivity index (χ1) is 15.1. The number of aliphatic hydroxyl groups is 1. The van der Waals surface area contributed by atoms with E-state index >= 15 is 0 Å². The van der Waals surface area contributed by atoms with Gasteiger partial charge in [0.05, 0.1) is 17.5 Å². The molecule has 0 heterocycles. The van der Waals surface area contributed by atoms with E-state index in [4.69, 9.17) is 5.73 Å². The zero-order valence-corrected chi connectivity index (χ0v) is 21.9. The summed E-state index contributed by atoms with van der Waals surface area (Å²) >= 11 is 0. The summed E-state index contributed by atoms with van der Waals surface area (Å²) in [7, 11) is -7.08. The van der Waals surface area contributed by atoms with Gasteiger partial charge in [0.25, 0.3) is 0 Å². The van der Waals surface area contributed by atoms with E-state index in [2.05, 4.69) is 10.6 Å². The molecule has 1 fully saturated rings. The number of hydrogen-bond donors (Lipinski definition) is 5. The molecule has 6 N–H and O–H groups in total. The lowest BCUT2D eigenvalue weighted by molar-refractivity contribution is -0.130. The minimum Gasteiger partial charge on any atom is -0.391 e. The van der Waals surface area contributed by atoms with E-state index in [-0.39, 0.29) is 37.1 Å². The number of carbonyl (C=O) groups is 2. The van der Waals surface area contributed by atoms with Crippen LogP contribution in [0.2, 0.25) is 0 Å². The van der Waals surface area contributed by atoms with Crippen molar-refractivity contribution in [3.05, 3.63) is 0 Å². The van der Waals surface area contributed by atoms with Gasteiger partial charge in [-0.2, -0.15) is 0 Å². The lowest BCUT2D eigenvalue weighted by Gasteiger charge is -2.26. The van der Waals surface area contributed by atoms with Crippen LogP contribution in [0.5, 0.6) is 0 Å². The van der Waals surface area contributed by atoms with Gasteiger partial charge in [0.1, 0.15) is 12.1 Å². The number of aliphatic hydroxyl groups excluding tert-OH is 1.